The Morgan fingerprint density at radius 1 is 1.42 bits per heavy atom. The Labute approximate surface area is 118 Å². The monoisotopic (exact) mass is 280 g/mol. The van der Waals surface area contributed by atoms with Gasteiger partial charge < -0.3 is 10.6 Å². The number of rotatable bonds is 6. The van der Waals surface area contributed by atoms with E-state index in [1.807, 2.05) is 12.1 Å². The third-order valence-electron chi connectivity index (χ3n) is 4.22. The fourth-order valence-corrected chi connectivity index (χ4v) is 3.88. The van der Waals surface area contributed by atoms with Gasteiger partial charge in [0.25, 0.3) is 0 Å². The van der Waals surface area contributed by atoms with Crippen molar-refractivity contribution in [2.45, 2.75) is 36.2 Å². The first-order valence-corrected chi connectivity index (χ1v) is 8.09. The van der Waals surface area contributed by atoms with Crippen LogP contribution in [0.4, 0.5) is 4.39 Å². The molecule has 2 nitrogen and oxygen atoms in total. The number of thioether (sulfide) groups is 1. The molecule has 0 spiro atoms. The van der Waals surface area contributed by atoms with E-state index in [2.05, 4.69) is 4.90 Å². The zero-order chi connectivity index (χ0) is 13.2. The van der Waals surface area contributed by atoms with Gasteiger partial charge in [0.1, 0.15) is 5.82 Å². The quantitative estimate of drug-likeness (QED) is 0.812. The van der Waals surface area contributed by atoms with E-state index >= 15 is 0 Å². The third-order valence-corrected chi connectivity index (χ3v) is 5.45. The van der Waals surface area contributed by atoms with Crippen molar-refractivity contribution in [1.82, 2.24) is 4.90 Å². The number of halogens is 1. The maximum atomic E-state index is 13.5. The third kappa shape index (κ3) is 3.30. The summed E-state index contributed by atoms with van der Waals surface area (Å²) in [6, 6.07) is 7.94. The van der Waals surface area contributed by atoms with Gasteiger partial charge in [-0.15, -0.1) is 11.8 Å². The Morgan fingerprint density at radius 3 is 2.95 bits per heavy atom. The Hall–Kier alpha value is -0.580. The van der Waals surface area contributed by atoms with E-state index in [0.717, 1.165) is 30.7 Å². The van der Waals surface area contributed by atoms with Crippen LogP contribution in [0.5, 0.6) is 0 Å². The molecule has 1 saturated carbocycles. The minimum Gasteiger partial charge on any atom is -0.327 e. The fraction of sp³-hybridized carbons (Fsp3) is 0.600. The first kappa shape index (κ1) is 13.4. The van der Waals surface area contributed by atoms with E-state index in [4.69, 9.17) is 5.73 Å². The maximum absolute atomic E-state index is 13.5. The van der Waals surface area contributed by atoms with Crippen LogP contribution in [0.1, 0.15) is 19.3 Å². The highest BCUT2D eigenvalue weighted by atomic mass is 32.2. The van der Waals surface area contributed by atoms with Crippen molar-refractivity contribution in [2.75, 3.05) is 18.8 Å². The second-order valence-electron chi connectivity index (χ2n) is 5.68. The van der Waals surface area contributed by atoms with Crippen LogP contribution < -0.4 is 5.73 Å². The van der Waals surface area contributed by atoms with Gasteiger partial charge in [-0.25, -0.2) is 4.39 Å². The minimum atomic E-state index is -0.139. The highest BCUT2D eigenvalue weighted by Crippen LogP contribution is 2.44. The molecule has 3 rings (SSSR count). The molecule has 104 valence electrons. The van der Waals surface area contributed by atoms with Gasteiger partial charge in [0.05, 0.1) is 0 Å². The van der Waals surface area contributed by atoms with Crippen molar-refractivity contribution in [3.63, 3.8) is 0 Å². The Balaban J connectivity index is 1.39. The lowest BCUT2D eigenvalue weighted by atomic mass is 10.2. The Bertz CT molecular complexity index is 440. The van der Waals surface area contributed by atoms with E-state index in [9.17, 15) is 4.39 Å². The van der Waals surface area contributed by atoms with Crippen molar-refractivity contribution in [3.05, 3.63) is 30.1 Å². The molecular formula is C15H21FN2S. The van der Waals surface area contributed by atoms with Gasteiger partial charge in [0.15, 0.2) is 0 Å². The number of nitrogens with zero attached hydrogens (tertiary/aromatic N) is 1. The van der Waals surface area contributed by atoms with E-state index in [1.165, 1.54) is 37.2 Å². The van der Waals surface area contributed by atoms with Crippen LogP contribution in [0.25, 0.3) is 0 Å². The molecule has 0 bridgehead atoms. The first-order chi connectivity index (χ1) is 9.24. The Kier molecular flexibility index (Phi) is 4.10. The summed E-state index contributed by atoms with van der Waals surface area (Å²) in [4.78, 5) is 3.29. The van der Waals surface area contributed by atoms with Crippen molar-refractivity contribution >= 4 is 11.8 Å². The van der Waals surface area contributed by atoms with E-state index < -0.39 is 0 Å². The maximum Gasteiger partial charge on any atom is 0.136 e. The molecule has 4 heteroatoms. The molecule has 0 radical (unpaired) electrons. The summed E-state index contributed by atoms with van der Waals surface area (Å²) in [6.45, 7) is 2.36. The van der Waals surface area contributed by atoms with Gasteiger partial charge in [-0.3, -0.25) is 0 Å². The molecule has 2 N–H and O–H groups in total. The smallest absolute Gasteiger partial charge is 0.136 e. The van der Waals surface area contributed by atoms with Crippen LogP contribution in [0.15, 0.2) is 29.2 Å². The van der Waals surface area contributed by atoms with E-state index in [0.29, 0.717) is 4.90 Å². The predicted octanol–water partition coefficient (Wildman–Crippen LogP) is 2.73. The van der Waals surface area contributed by atoms with E-state index in [-0.39, 0.29) is 11.9 Å². The van der Waals surface area contributed by atoms with E-state index in [1.54, 1.807) is 6.07 Å². The summed E-state index contributed by atoms with van der Waals surface area (Å²) in [5.41, 5.74) is 6.14. The molecule has 1 saturated heterocycles. The zero-order valence-electron chi connectivity index (χ0n) is 11.1. The van der Waals surface area contributed by atoms with Gasteiger partial charge in [-0.1, -0.05) is 12.1 Å². The number of nitrogens with two attached hydrogens (primary N) is 1. The molecule has 19 heavy (non-hydrogen) atoms. The van der Waals surface area contributed by atoms with Crippen LogP contribution >= 0.6 is 11.8 Å². The number of benzene rings is 1. The lowest BCUT2D eigenvalue weighted by Gasteiger charge is -2.20. The second-order valence-corrected chi connectivity index (χ2v) is 6.74. The molecule has 1 heterocycles. The normalized spacial score (nSPS) is 27.3. The molecule has 2 aliphatic rings. The zero-order valence-corrected chi connectivity index (χ0v) is 11.9. The second kappa shape index (κ2) is 5.81. The summed E-state index contributed by atoms with van der Waals surface area (Å²) in [5.74, 6) is 1.65. The SMILES string of the molecule is NC(CCN1CCC2CC21)CSc1ccccc1F. The number of hydrogen-bond donors (Lipinski definition) is 1. The van der Waals surface area contributed by atoms with Crippen molar-refractivity contribution < 1.29 is 4.39 Å². The van der Waals surface area contributed by atoms with Gasteiger partial charge in [0, 0.05) is 22.7 Å². The van der Waals surface area contributed by atoms with Gasteiger partial charge in [-0.2, -0.15) is 0 Å². The molecule has 0 aromatic heterocycles. The largest absolute Gasteiger partial charge is 0.327 e. The standard InChI is InChI=1S/C15H21FN2S/c16-13-3-1-2-4-15(13)19-10-12(17)6-8-18-7-5-11-9-14(11)18/h1-4,11-12,14H,5-10,17H2. The number of fused-ring (bicyclic) bond motifs is 1. The van der Waals surface area contributed by atoms with Crippen LogP contribution in [0, 0.1) is 11.7 Å². The van der Waals surface area contributed by atoms with Crippen LogP contribution in [-0.4, -0.2) is 35.8 Å². The highest BCUT2D eigenvalue weighted by Gasteiger charge is 2.46. The summed E-state index contributed by atoms with van der Waals surface area (Å²) < 4.78 is 13.5. The van der Waals surface area contributed by atoms with Gasteiger partial charge in [0.2, 0.25) is 0 Å². The fourth-order valence-electron chi connectivity index (χ4n) is 2.94. The van der Waals surface area contributed by atoms with Crippen molar-refractivity contribution in [1.29, 1.82) is 0 Å². The number of piperidine rings is 1. The summed E-state index contributed by atoms with van der Waals surface area (Å²) in [5, 5.41) is 0. The summed E-state index contributed by atoms with van der Waals surface area (Å²) in [6.07, 6.45) is 3.80. The predicted molar refractivity (Wildman–Crippen MR) is 77.8 cm³/mol. The van der Waals surface area contributed by atoms with Crippen LogP contribution in [-0.2, 0) is 0 Å². The molecule has 1 aromatic carbocycles. The minimum absolute atomic E-state index is 0.139. The molecular weight excluding hydrogens is 259 g/mol. The molecule has 3 unspecified atom stereocenters. The van der Waals surface area contributed by atoms with Crippen molar-refractivity contribution in [2.24, 2.45) is 11.7 Å². The molecule has 1 aliphatic heterocycles. The number of hydrogen-bond acceptors (Lipinski definition) is 3. The summed E-state index contributed by atoms with van der Waals surface area (Å²) >= 11 is 1.53. The van der Waals surface area contributed by atoms with Crippen LogP contribution in [0.3, 0.4) is 0 Å². The topological polar surface area (TPSA) is 29.3 Å². The van der Waals surface area contributed by atoms with Crippen LogP contribution in [0.2, 0.25) is 0 Å². The summed E-state index contributed by atoms with van der Waals surface area (Å²) in [7, 11) is 0. The Morgan fingerprint density at radius 2 is 2.26 bits per heavy atom. The lowest BCUT2D eigenvalue weighted by Crippen LogP contribution is -2.32. The highest BCUT2D eigenvalue weighted by molar-refractivity contribution is 7.99. The molecule has 2 fully saturated rings. The van der Waals surface area contributed by atoms with Crippen molar-refractivity contribution in [3.8, 4) is 0 Å². The lowest BCUT2D eigenvalue weighted by molar-refractivity contribution is 0.289. The first-order valence-electron chi connectivity index (χ1n) is 7.11. The van der Waals surface area contributed by atoms with Gasteiger partial charge in [-0.05, 0) is 50.4 Å². The molecule has 3 atom stereocenters. The van der Waals surface area contributed by atoms with Gasteiger partial charge >= 0.3 is 0 Å². The molecule has 0 amide bonds. The number of likely N-dealkylation sites (tertiary alicyclic amines) is 1. The average Bonchev–Trinajstić information content (AvgIpc) is 3.09. The molecule has 1 aromatic rings. The average molecular weight is 280 g/mol. The molecule has 1 aliphatic carbocycles.